The summed E-state index contributed by atoms with van der Waals surface area (Å²) in [5, 5.41) is 0. The monoisotopic (exact) mass is 480 g/mol. The third kappa shape index (κ3) is 16.6. The van der Waals surface area contributed by atoms with E-state index in [2.05, 4.69) is 6.92 Å². The molecule has 6 heteroatoms. The van der Waals surface area contributed by atoms with E-state index in [-0.39, 0.29) is 17.1 Å². The summed E-state index contributed by atoms with van der Waals surface area (Å²) in [6.45, 7) is 2.27. The lowest BCUT2D eigenvalue weighted by atomic mass is 10.0. The molecule has 0 unspecified atom stereocenters. The molecule has 33 heavy (non-hydrogen) atoms. The van der Waals surface area contributed by atoms with Gasteiger partial charge in [0, 0.05) is 0 Å². The number of ether oxygens (including phenoxy) is 1. The number of rotatable bonds is 20. The molecule has 0 aliphatic carbocycles. The molecule has 0 aromatic heterocycles. The minimum atomic E-state index is -4.24. The van der Waals surface area contributed by atoms with Crippen molar-refractivity contribution in [1.82, 2.24) is 0 Å². The number of hydrogen-bond donors (Lipinski definition) is 1. The Morgan fingerprint density at radius 1 is 0.758 bits per heavy atom. The lowest BCUT2D eigenvalue weighted by Crippen LogP contribution is -2.06. The maximum atomic E-state index is 11.8. The molecule has 0 heterocycles. The highest BCUT2D eigenvalue weighted by atomic mass is 32.2. The van der Waals surface area contributed by atoms with Crippen LogP contribution in [0.4, 0.5) is 0 Å². The van der Waals surface area contributed by atoms with Gasteiger partial charge in [0.05, 0.1) is 11.3 Å². The zero-order valence-electron chi connectivity index (χ0n) is 20.5. The van der Waals surface area contributed by atoms with Gasteiger partial charge in [-0.1, -0.05) is 109 Å². The second-order valence-corrected chi connectivity index (χ2v) is 10.3. The van der Waals surface area contributed by atoms with Crippen LogP contribution in [0.5, 0.6) is 5.75 Å². The van der Waals surface area contributed by atoms with Crippen LogP contribution in [0.25, 0.3) is 0 Å². The Morgan fingerprint density at radius 3 is 1.67 bits per heavy atom. The number of allylic oxidation sites excluding steroid dienone is 1. The van der Waals surface area contributed by atoms with E-state index in [9.17, 15) is 13.2 Å². The number of carbonyl (C=O) groups is 1. The summed E-state index contributed by atoms with van der Waals surface area (Å²) in [5.74, 6) is -0.148. The first-order chi connectivity index (χ1) is 15.9. The summed E-state index contributed by atoms with van der Waals surface area (Å²) in [4.78, 5) is 11.6. The van der Waals surface area contributed by atoms with E-state index in [1.54, 1.807) is 0 Å². The zero-order chi connectivity index (χ0) is 24.2. The van der Waals surface area contributed by atoms with Gasteiger partial charge in [-0.25, -0.2) is 0 Å². The highest BCUT2D eigenvalue weighted by Gasteiger charge is 2.09. The molecule has 1 aromatic carbocycles. The molecule has 0 bridgehead atoms. The Labute approximate surface area is 201 Å². The highest BCUT2D eigenvalue weighted by molar-refractivity contribution is 7.85. The molecule has 5 nitrogen and oxygen atoms in total. The van der Waals surface area contributed by atoms with Gasteiger partial charge in [-0.2, -0.15) is 8.42 Å². The van der Waals surface area contributed by atoms with Crippen molar-refractivity contribution in [2.45, 2.75) is 121 Å². The molecule has 0 radical (unpaired) electrons. The minimum Gasteiger partial charge on any atom is -0.426 e. The van der Waals surface area contributed by atoms with Crippen LogP contribution in [0, 0.1) is 0 Å². The van der Waals surface area contributed by atoms with E-state index in [4.69, 9.17) is 9.29 Å². The second-order valence-electron chi connectivity index (χ2n) is 8.83. The standard InChI is InChI=1S/C27H44O5S/c1-2-3-4-5-6-7-8-9-10-11-12-13-14-15-16-17-18-19-20-27(28)32-25-21-23-26(24-22-25)33(29,30)31/h18-19,21-24H,2-17,20H2,1H3,(H,29,30,31). The van der Waals surface area contributed by atoms with Crippen molar-refractivity contribution in [2.24, 2.45) is 0 Å². The molecular formula is C27H44O5S. The molecule has 0 fully saturated rings. The van der Waals surface area contributed by atoms with Gasteiger partial charge in [-0.3, -0.25) is 9.35 Å². The predicted octanol–water partition coefficient (Wildman–Crippen LogP) is 8.05. The van der Waals surface area contributed by atoms with Crippen molar-refractivity contribution < 1.29 is 22.5 Å². The normalized spacial score (nSPS) is 11.8. The van der Waals surface area contributed by atoms with Crippen molar-refractivity contribution in [1.29, 1.82) is 0 Å². The number of unbranched alkanes of at least 4 members (excludes halogenated alkanes) is 15. The molecule has 0 aliphatic heterocycles. The fourth-order valence-electron chi connectivity index (χ4n) is 3.78. The van der Waals surface area contributed by atoms with Crippen molar-refractivity contribution in [3.63, 3.8) is 0 Å². The van der Waals surface area contributed by atoms with Crippen molar-refractivity contribution in [3.8, 4) is 5.75 Å². The maximum Gasteiger partial charge on any atom is 0.315 e. The molecule has 0 saturated heterocycles. The van der Waals surface area contributed by atoms with Gasteiger partial charge in [-0.05, 0) is 37.1 Å². The van der Waals surface area contributed by atoms with Crippen LogP contribution < -0.4 is 4.74 Å². The van der Waals surface area contributed by atoms with Gasteiger partial charge in [-0.15, -0.1) is 0 Å². The van der Waals surface area contributed by atoms with E-state index in [0.717, 1.165) is 12.8 Å². The third-order valence-corrected chi connectivity index (χ3v) is 6.65. The first kappa shape index (κ1) is 29.4. The van der Waals surface area contributed by atoms with Crippen LogP contribution >= 0.6 is 0 Å². The van der Waals surface area contributed by atoms with Gasteiger partial charge >= 0.3 is 5.97 Å². The third-order valence-electron chi connectivity index (χ3n) is 5.78. The molecule has 1 N–H and O–H groups in total. The van der Waals surface area contributed by atoms with E-state index < -0.39 is 16.1 Å². The van der Waals surface area contributed by atoms with Gasteiger partial charge < -0.3 is 4.74 Å². The average Bonchev–Trinajstić information content (AvgIpc) is 2.78. The Bertz CT molecular complexity index is 753. The van der Waals surface area contributed by atoms with Gasteiger partial charge in [0.15, 0.2) is 0 Å². The first-order valence-electron chi connectivity index (χ1n) is 12.9. The van der Waals surface area contributed by atoms with Gasteiger partial charge in [0.25, 0.3) is 10.1 Å². The van der Waals surface area contributed by atoms with Crippen LogP contribution in [0.1, 0.15) is 116 Å². The lowest BCUT2D eigenvalue weighted by Gasteiger charge is -2.03. The Hall–Kier alpha value is -1.66. The van der Waals surface area contributed by atoms with Crippen molar-refractivity contribution in [2.75, 3.05) is 0 Å². The minimum absolute atomic E-state index is 0.179. The lowest BCUT2D eigenvalue weighted by molar-refractivity contribution is -0.133. The topological polar surface area (TPSA) is 80.7 Å². The SMILES string of the molecule is CCCCCCCCCCCCCCCCCC=CCC(=O)Oc1ccc(S(=O)(=O)O)cc1. The number of esters is 1. The van der Waals surface area contributed by atoms with Crippen molar-refractivity contribution >= 4 is 16.1 Å². The maximum absolute atomic E-state index is 11.8. The molecule has 0 saturated carbocycles. The van der Waals surface area contributed by atoms with E-state index in [1.165, 1.54) is 114 Å². The Morgan fingerprint density at radius 2 is 1.21 bits per heavy atom. The number of hydrogen-bond acceptors (Lipinski definition) is 4. The summed E-state index contributed by atoms with van der Waals surface area (Å²) >= 11 is 0. The summed E-state index contributed by atoms with van der Waals surface area (Å²) < 4.78 is 36.1. The largest absolute Gasteiger partial charge is 0.426 e. The van der Waals surface area contributed by atoms with E-state index >= 15 is 0 Å². The highest BCUT2D eigenvalue weighted by Crippen LogP contribution is 2.17. The Balaban J connectivity index is 1.91. The fraction of sp³-hybridized carbons (Fsp3) is 0.667. The van der Waals surface area contributed by atoms with Crippen LogP contribution in [-0.2, 0) is 14.9 Å². The Kier molecular flexibility index (Phi) is 16.7. The van der Waals surface area contributed by atoms with Gasteiger partial charge in [0.2, 0.25) is 0 Å². The number of carbonyl (C=O) groups excluding carboxylic acids is 1. The smallest absolute Gasteiger partial charge is 0.315 e. The molecule has 1 rings (SSSR count). The summed E-state index contributed by atoms with van der Waals surface area (Å²) in [6.07, 6.45) is 25.3. The second kappa shape index (κ2) is 18.7. The molecule has 0 aliphatic rings. The molecule has 0 amide bonds. The number of benzene rings is 1. The zero-order valence-corrected chi connectivity index (χ0v) is 21.3. The molecule has 0 spiro atoms. The van der Waals surface area contributed by atoms with Crippen LogP contribution in [0.2, 0.25) is 0 Å². The van der Waals surface area contributed by atoms with Crippen LogP contribution in [0.15, 0.2) is 41.3 Å². The predicted molar refractivity (Wildman–Crippen MR) is 135 cm³/mol. The van der Waals surface area contributed by atoms with Crippen LogP contribution in [-0.4, -0.2) is 18.9 Å². The van der Waals surface area contributed by atoms with E-state index in [0.29, 0.717) is 0 Å². The fourth-order valence-corrected chi connectivity index (χ4v) is 4.26. The van der Waals surface area contributed by atoms with Gasteiger partial charge in [0.1, 0.15) is 5.75 Å². The molecular weight excluding hydrogens is 436 g/mol. The summed E-state index contributed by atoms with van der Waals surface area (Å²) in [5.41, 5.74) is 0. The molecule has 1 aromatic rings. The summed E-state index contributed by atoms with van der Waals surface area (Å²) in [6, 6.07) is 5.09. The van der Waals surface area contributed by atoms with Crippen LogP contribution in [0.3, 0.4) is 0 Å². The molecule has 0 atom stereocenters. The quantitative estimate of drug-likeness (QED) is 0.0671. The molecule has 188 valence electrons. The first-order valence-corrected chi connectivity index (χ1v) is 14.3. The van der Waals surface area contributed by atoms with Crippen molar-refractivity contribution in [3.05, 3.63) is 36.4 Å². The van der Waals surface area contributed by atoms with E-state index in [1.807, 2.05) is 12.2 Å². The average molecular weight is 481 g/mol. The summed E-state index contributed by atoms with van der Waals surface area (Å²) in [7, 11) is -4.24.